The molecule has 1 aromatic heterocycles. The molecule has 9 nitrogen and oxygen atoms in total. The first-order valence-corrected chi connectivity index (χ1v) is 7.91. The molecule has 0 saturated carbocycles. The number of anilines is 2. The minimum atomic E-state index is -0.675. The van der Waals surface area contributed by atoms with Gasteiger partial charge in [0.15, 0.2) is 11.0 Å². The summed E-state index contributed by atoms with van der Waals surface area (Å²) in [5.41, 5.74) is 5.04. The molecule has 0 aliphatic carbocycles. The number of nitro groups is 1. The van der Waals surface area contributed by atoms with Crippen LogP contribution in [0.25, 0.3) is 0 Å². The summed E-state index contributed by atoms with van der Waals surface area (Å²) in [6.07, 6.45) is 0. The topological polar surface area (TPSA) is 144 Å². The number of H-pyrrole nitrogens is 1. The fourth-order valence-electron chi connectivity index (χ4n) is 2.04. The van der Waals surface area contributed by atoms with Gasteiger partial charge in [0.25, 0.3) is 17.2 Å². The lowest BCUT2D eigenvalue weighted by atomic mass is 10.1. The number of hydrogen-bond donors (Lipinski definition) is 3. The molecule has 1 amide bonds. The van der Waals surface area contributed by atoms with E-state index in [1.807, 2.05) is 6.92 Å². The fraction of sp³-hybridized carbons (Fsp3) is 0.214. The van der Waals surface area contributed by atoms with E-state index in [0.29, 0.717) is 10.9 Å². The lowest BCUT2D eigenvalue weighted by Gasteiger charge is -2.09. The minimum Gasteiger partial charge on any atom is -0.382 e. The molecule has 10 heteroatoms. The number of aromatic nitrogens is 2. The van der Waals surface area contributed by atoms with Crippen LogP contribution in [0.4, 0.5) is 17.2 Å². The maximum absolute atomic E-state index is 12.3. The number of nitrogens with two attached hydrogens (primary N) is 1. The second kappa shape index (κ2) is 7.13. The first kappa shape index (κ1) is 17.5. The molecule has 0 spiro atoms. The van der Waals surface area contributed by atoms with Crippen LogP contribution < -0.4 is 16.6 Å². The molecule has 0 saturated heterocycles. The second-order valence-corrected chi connectivity index (χ2v) is 5.98. The highest BCUT2D eigenvalue weighted by atomic mass is 32.2. The molecule has 0 bridgehead atoms. The van der Waals surface area contributed by atoms with Crippen LogP contribution in [0.3, 0.4) is 0 Å². The van der Waals surface area contributed by atoms with Crippen molar-refractivity contribution in [2.45, 2.75) is 19.0 Å². The molecule has 24 heavy (non-hydrogen) atoms. The lowest BCUT2D eigenvalue weighted by molar-refractivity contribution is -0.385. The average molecular weight is 349 g/mol. The van der Waals surface area contributed by atoms with Crippen LogP contribution in [-0.4, -0.2) is 26.6 Å². The monoisotopic (exact) mass is 349 g/mol. The summed E-state index contributed by atoms with van der Waals surface area (Å²) >= 11 is 1.30. The number of carbonyl (C=O) groups excluding carboxylic acids is 1. The largest absolute Gasteiger partial charge is 0.382 e. The Morgan fingerprint density at radius 3 is 2.79 bits per heavy atom. The van der Waals surface area contributed by atoms with Crippen molar-refractivity contribution in [2.24, 2.45) is 0 Å². The van der Waals surface area contributed by atoms with Gasteiger partial charge >= 0.3 is 0 Å². The third kappa shape index (κ3) is 3.54. The maximum Gasteiger partial charge on any atom is 0.277 e. The Morgan fingerprint density at radius 1 is 1.50 bits per heavy atom. The van der Waals surface area contributed by atoms with Gasteiger partial charge in [-0.15, -0.1) is 0 Å². The molecule has 0 radical (unpaired) electrons. The van der Waals surface area contributed by atoms with Gasteiger partial charge in [0.2, 0.25) is 0 Å². The number of nitrogens with zero attached hydrogens (tertiary/aromatic N) is 2. The van der Waals surface area contributed by atoms with Gasteiger partial charge in [0.05, 0.1) is 4.92 Å². The van der Waals surface area contributed by atoms with E-state index in [0.717, 1.165) is 0 Å². The highest BCUT2D eigenvalue weighted by Crippen LogP contribution is 2.22. The molecule has 1 heterocycles. The molecule has 2 rings (SSSR count). The van der Waals surface area contributed by atoms with Crippen LogP contribution in [0.15, 0.2) is 28.2 Å². The van der Waals surface area contributed by atoms with Gasteiger partial charge in [-0.2, -0.15) is 0 Å². The molecule has 0 unspecified atom stereocenters. The third-order valence-corrected chi connectivity index (χ3v) is 3.95. The van der Waals surface area contributed by atoms with Crippen molar-refractivity contribution in [1.29, 1.82) is 0 Å². The molecule has 0 aliphatic heterocycles. The summed E-state index contributed by atoms with van der Waals surface area (Å²) in [7, 11) is 0. The van der Waals surface area contributed by atoms with Gasteiger partial charge in [0.1, 0.15) is 5.69 Å². The smallest absolute Gasteiger partial charge is 0.277 e. The first-order chi connectivity index (χ1) is 11.3. The zero-order valence-electron chi connectivity index (χ0n) is 13.0. The van der Waals surface area contributed by atoms with Gasteiger partial charge in [-0.05, 0) is 18.7 Å². The molecule has 0 fully saturated rings. The van der Waals surface area contributed by atoms with Crippen molar-refractivity contribution in [3.63, 3.8) is 0 Å². The Balaban J connectivity index is 2.36. The molecule has 2 aromatic rings. The zero-order valence-corrected chi connectivity index (χ0v) is 13.8. The summed E-state index contributed by atoms with van der Waals surface area (Å²) in [6, 6.07) is 4.12. The van der Waals surface area contributed by atoms with E-state index in [4.69, 9.17) is 5.73 Å². The number of hydrogen-bond acceptors (Lipinski definition) is 7. The summed E-state index contributed by atoms with van der Waals surface area (Å²) in [5.74, 6) is -0.0988. The molecule has 126 valence electrons. The molecule has 1 aromatic carbocycles. The van der Waals surface area contributed by atoms with Crippen LogP contribution in [-0.2, 0) is 0 Å². The first-order valence-electron chi connectivity index (χ1n) is 6.93. The fourth-order valence-corrected chi connectivity index (χ4v) is 2.64. The SMILES string of the molecule is CCSc1nc(N)c(NC(=O)c2cccc([N+](=O)[O-])c2C)c(=O)[nH]1. The quantitative estimate of drug-likeness (QED) is 0.324. The number of nitrogens with one attached hydrogen (secondary N) is 2. The van der Waals surface area contributed by atoms with E-state index in [1.54, 1.807) is 0 Å². The van der Waals surface area contributed by atoms with Gasteiger partial charge < -0.3 is 11.1 Å². The van der Waals surface area contributed by atoms with E-state index < -0.39 is 16.4 Å². The van der Waals surface area contributed by atoms with Gasteiger partial charge in [-0.25, -0.2) is 4.98 Å². The van der Waals surface area contributed by atoms with E-state index in [9.17, 15) is 19.7 Å². The van der Waals surface area contributed by atoms with Gasteiger partial charge in [-0.1, -0.05) is 24.8 Å². The number of aromatic amines is 1. The number of nitro benzene ring substituents is 1. The summed E-state index contributed by atoms with van der Waals surface area (Å²) < 4.78 is 0. The van der Waals surface area contributed by atoms with Crippen molar-refractivity contribution in [2.75, 3.05) is 16.8 Å². The summed E-state index contributed by atoms with van der Waals surface area (Å²) in [5, 5.41) is 13.7. The summed E-state index contributed by atoms with van der Waals surface area (Å²) in [6.45, 7) is 3.35. The second-order valence-electron chi connectivity index (χ2n) is 4.73. The van der Waals surface area contributed by atoms with Crippen molar-refractivity contribution in [1.82, 2.24) is 9.97 Å². The maximum atomic E-state index is 12.3. The van der Waals surface area contributed by atoms with Crippen LogP contribution in [0.2, 0.25) is 0 Å². The average Bonchev–Trinajstić information content (AvgIpc) is 2.51. The Labute approximate surface area is 140 Å². The molecular formula is C14H15N5O4S. The van der Waals surface area contributed by atoms with Crippen LogP contribution in [0.1, 0.15) is 22.8 Å². The Kier molecular flexibility index (Phi) is 5.19. The summed E-state index contributed by atoms with van der Waals surface area (Å²) in [4.78, 5) is 41.3. The third-order valence-electron chi connectivity index (χ3n) is 3.19. The van der Waals surface area contributed by atoms with Gasteiger partial charge in [0, 0.05) is 17.2 Å². The number of benzene rings is 1. The van der Waals surface area contributed by atoms with Crippen molar-refractivity contribution in [3.05, 3.63) is 49.8 Å². The Morgan fingerprint density at radius 2 is 2.21 bits per heavy atom. The number of thioether (sulfide) groups is 1. The Hall–Kier alpha value is -2.88. The molecule has 4 N–H and O–H groups in total. The van der Waals surface area contributed by atoms with Crippen LogP contribution in [0, 0.1) is 17.0 Å². The number of amides is 1. The lowest BCUT2D eigenvalue weighted by Crippen LogP contribution is -2.23. The molecular weight excluding hydrogens is 334 g/mol. The standard InChI is InChI=1S/C14H15N5O4S/c1-3-24-14-17-11(15)10(13(21)18-14)16-12(20)8-5-4-6-9(7(8)2)19(22)23/h4-6H,3H2,1-2H3,(H,16,20)(H3,15,17,18,21). The highest BCUT2D eigenvalue weighted by molar-refractivity contribution is 7.99. The number of nitrogen functional groups attached to an aromatic ring is 1. The number of rotatable bonds is 5. The van der Waals surface area contributed by atoms with Crippen molar-refractivity contribution >= 4 is 34.9 Å². The van der Waals surface area contributed by atoms with Gasteiger partial charge in [-0.3, -0.25) is 24.7 Å². The highest BCUT2D eigenvalue weighted by Gasteiger charge is 2.20. The zero-order chi connectivity index (χ0) is 17.9. The van der Waals surface area contributed by atoms with E-state index in [2.05, 4.69) is 15.3 Å². The van der Waals surface area contributed by atoms with E-state index >= 15 is 0 Å². The number of carbonyl (C=O) groups is 1. The molecule has 0 aliphatic rings. The predicted molar refractivity (Wildman–Crippen MR) is 91.5 cm³/mol. The minimum absolute atomic E-state index is 0.0787. The Bertz CT molecular complexity index is 865. The van der Waals surface area contributed by atoms with E-state index in [-0.39, 0.29) is 28.3 Å². The normalized spacial score (nSPS) is 10.4. The van der Waals surface area contributed by atoms with E-state index in [1.165, 1.54) is 36.9 Å². The molecule has 0 atom stereocenters. The van der Waals surface area contributed by atoms with Crippen molar-refractivity contribution in [3.8, 4) is 0 Å². The predicted octanol–water partition coefficient (Wildman–Crippen LogP) is 1.93. The van der Waals surface area contributed by atoms with Crippen molar-refractivity contribution < 1.29 is 9.72 Å². The van der Waals surface area contributed by atoms with Crippen LogP contribution >= 0.6 is 11.8 Å². The van der Waals surface area contributed by atoms with Crippen LogP contribution in [0.5, 0.6) is 0 Å².